The Bertz CT molecular complexity index is 532. The number of carbonyl (C=O) groups excluding carboxylic acids is 1. The van der Waals surface area contributed by atoms with E-state index in [4.69, 9.17) is 5.73 Å². The molecule has 1 aliphatic heterocycles. The summed E-state index contributed by atoms with van der Waals surface area (Å²) in [7, 11) is 0. The Labute approximate surface area is 156 Å². The lowest BCUT2D eigenvalue weighted by atomic mass is 9.90. The number of hydrogen-bond donors (Lipinski definition) is 2. The predicted octanol–water partition coefficient (Wildman–Crippen LogP) is 2.45. The number of nitrogens with zero attached hydrogens (tertiary/aromatic N) is 3. The maximum absolute atomic E-state index is 12.3. The van der Waals surface area contributed by atoms with Crippen LogP contribution in [0.15, 0.2) is 12.3 Å². The van der Waals surface area contributed by atoms with Crippen molar-refractivity contribution < 1.29 is 4.79 Å². The van der Waals surface area contributed by atoms with Gasteiger partial charge in [0.25, 0.3) is 0 Å². The fourth-order valence-electron chi connectivity index (χ4n) is 3.67. The number of aromatic nitrogens is 2. The van der Waals surface area contributed by atoms with Crippen LogP contribution in [-0.2, 0) is 4.79 Å². The van der Waals surface area contributed by atoms with E-state index in [1.54, 1.807) is 6.20 Å². The number of carbonyl (C=O) groups is 1. The first-order chi connectivity index (χ1) is 10.6. The molecule has 1 aliphatic carbocycles. The number of halogens is 2. The van der Waals surface area contributed by atoms with Crippen LogP contribution in [0.4, 0.5) is 5.82 Å². The van der Waals surface area contributed by atoms with E-state index in [0.29, 0.717) is 19.1 Å². The lowest BCUT2D eigenvalue weighted by Gasteiger charge is -2.22. The zero-order chi connectivity index (χ0) is 15.6. The molecule has 0 bridgehead atoms. The molecule has 1 saturated carbocycles. The molecule has 1 amide bonds. The molecular formula is C16H29Cl2N5O. The molecule has 8 heteroatoms. The minimum Gasteiger partial charge on any atom is -0.330 e. The van der Waals surface area contributed by atoms with Gasteiger partial charge in [0.1, 0.15) is 5.82 Å². The molecule has 6 nitrogen and oxygen atoms in total. The molecule has 3 N–H and O–H groups in total. The monoisotopic (exact) mass is 377 g/mol. The average molecular weight is 378 g/mol. The molecule has 24 heavy (non-hydrogen) atoms. The van der Waals surface area contributed by atoms with Gasteiger partial charge in [-0.25, -0.2) is 4.68 Å². The van der Waals surface area contributed by atoms with Gasteiger partial charge in [0.2, 0.25) is 5.91 Å². The highest BCUT2D eigenvalue weighted by Gasteiger charge is 2.33. The van der Waals surface area contributed by atoms with E-state index >= 15 is 0 Å². The summed E-state index contributed by atoms with van der Waals surface area (Å²) in [6, 6.07) is 2.34. The van der Waals surface area contributed by atoms with Gasteiger partial charge in [-0.15, -0.1) is 24.8 Å². The van der Waals surface area contributed by atoms with Crippen molar-refractivity contribution in [1.82, 2.24) is 14.7 Å². The molecule has 3 rings (SSSR count). The van der Waals surface area contributed by atoms with Gasteiger partial charge < -0.3 is 11.1 Å². The second-order valence-electron chi connectivity index (χ2n) is 7.12. The van der Waals surface area contributed by atoms with Crippen LogP contribution in [0.25, 0.3) is 0 Å². The lowest BCUT2D eigenvalue weighted by molar-refractivity contribution is -0.117. The van der Waals surface area contributed by atoms with E-state index in [9.17, 15) is 4.79 Å². The number of likely N-dealkylation sites (tertiary alicyclic amines) is 1. The van der Waals surface area contributed by atoms with E-state index in [2.05, 4.69) is 22.2 Å². The summed E-state index contributed by atoms with van der Waals surface area (Å²) in [6.45, 7) is 5.16. The summed E-state index contributed by atoms with van der Waals surface area (Å²) < 4.78 is 1.99. The minimum atomic E-state index is 0. The maximum atomic E-state index is 12.3. The van der Waals surface area contributed by atoms with Gasteiger partial charge in [0, 0.05) is 12.6 Å². The number of anilines is 1. The van der Waals surface area contributed by atoms with Crippen molar-refractivity contribution in [2.24, 2.45) is 11.1 Å². The zero-order valence-corrected chi connectivity index (χ0v) is 15.9. The number of nitrogens with two attached hydrogens (primary N) is 1. The summed E-state index contributed by atoms with van der Waals surface area (Å²) in [6.07, 6.45) is 7.66. The van der Waals surface area contributed by atoms with Crippen molar-refractivity contribution in [1.29, 1.82) is 0 Å². The van der Waals surface area contributed by atoms with Gasteiger partial charge >= 0.3 is 0 Å². The van der Waals surface area contributed by atoms with Crippen molar-refractivity contribution in [3.63, 3.8) is 0 Å². The van der Waals surface area contributed by atoms with Crippen LogP contribution in [0, 0.1) is 5.41 Å². The van der Waals surface area contributed by atoms with Crippen molar-refractivity contribution in [2.45, 2.75) is 45.1 Å². The van der Waals surface area contributed by atoms with Gasteiger partial charge in [-0.3, -0.25) is 9.69 Å². The summed E-state index contributed by atoms with van der Waals surface area (Å²) >= 11 is 0. The molecule has 1 aromatic heterocycles. The van der Waals surface area contributed by atoms with Crippen LogP contribution in [0.5, 0.6) is 0 Å². The van der Waals surface area contributed by atoms with Crippen LogP contribution in [0.2, 0.25) is 0 Å². The highest BCUT2D eigenvalue weighted by atomic mass is 35.5. The highest BCUT2D eigenvalue weighted by Crippen LogP contribution is 2.31. The first-order valence-corrected chi connectivity index (χ1v) is 8.35. The molecule has 2 aliphatic rings. The molecular weight excluding hydrogens is 349 g/mol. The smallest absolute Gasteiger partial charge is 0.239 e. The lowest BCUT2D eigenvalue weighted by Crippen LogP contribution is -2.35. The zero-order valence-electron chi connectivity index (χ0n) is 14.2. The number of amides is 1. The van der Waals surface area contributed by atoms with Gasteiger partial charge in [-0.05, 0) is 37.8 Å². The van der Waals surface area contributed by atoms with Crippen LogP contribution in [0.3, 0.4) is 0 Å². The van der Waals surface area contributed by atoms with Gasteiger partial charge in [0.05, 0.1) is 18.8 Å². The quantitative estimate of drug-likeness (QED) is 0.825. The maximum Gasteiger partial charge on any atom is 0.239 e. The second-order valence-corrected chi connectivity index (χ2v) is 7.12. The Kier molecular flexibility index (Phi) is 7.99. The third-order valence-electron chi connectivity index (χ3n) is 5.11. The second kappa shape index (κ2) is 9.04. The molecule has 0 spiro atoms. The standard InChI is InChI=1S/C16H27N5O.2ClH/c1-16(11-17)7-9-20(12-16)10-15(22)19-14-6-8-18-21(14)13-4-2-3-5-13;;/h6,8,13H,2-5,7,9-12,17H2,1H3,(H,19,22);2*1H. The van der Waals surface area contributed by atoms with Gasteiger partial charge in [0.15, 0.2) is 0 Å². The molecule has 0 aromatic carbocycles. The Hall–Kier alpha value is -0.820. The molecule has 1 aromatic rings. The van der Waals surface area contributed by atoms with E-state index in [-0.39, 0.29) is 36.1 Å². The fraction of sp³-hybridized carbons (Fsp3) is 0.750. The first-order valence-electron chi connectivity index (χ1n) is 8.35. The molecule has 1 unspecified atom stereocenters. The van der Waals surface area contributed by atoms with Crippen molar-refractivity contribution in [2.75, 3.05) is 31.5 Å². The summed E-state index contributed by atoms with van der Waals surface area (Å²) in [5, 5.41) is 7.42. The Balaban J connectivity index is 0.00000144. The minimum absolute atomic E-state index is 0. The van der Waals surface area contributed by atoms with Crippen LogP contribution in [0.1, 0.15) is 45.1 Å². The van der Waals surface area contributed by atoms with E-state index in [1.165, 1.54) is 12.8 Å². The first kappa shape index (κ1) is 21.2. The molecule has 1 saturated heterocycles. The fourth-order valence-corrected chi connectivity index (χ4v) is 3.67. The van der Waals surface area contributed by atoms with Crippen LogP contribution in [-0.4, -0.2) is 46.8 Å². The third kappa shape index (κ3) is 4.85. The Morgan fingerprint density at radius 2 is 2.12 bits per heavy atom. The summed E-state index contributed by atoms with van der Waals surface area (Å²) in [5.41, 5.74) is 5.98. The van der Waals surface area contributed by atoms with Crippen molar-refractivity contribution >= 4 is 36.5 Å². The van der Waals surface area contributed by atoms with Crippen molar-refractivity contribution in [3.8, 4) is 0 Å². The molecule has 138 valence electrons. The molecule has 0 radical (unpaired) electrons. The van der Waals surface area contributed by atoms with Crippen LogP contribution < -0.4 is 11.1 Å². The van der Waals surface area contributed by atoms with Gasteiger partial charge in [-0.2, -0.15) is 5.10 Å². The molecule has 1 atom stereocenters. The summed E-state index contributed by atoms with van der Waals surface area (Å²) in [4.78, 5) is 14.5. The third-order valence-corrected chi connectivity index (χ3v) is 5.11. The Morgan fingerprint density at radius 1 is 1.42 bits per heavy atom. The Morgan fingerprint density at radius 3 is 2.75 bits per heavy atom. The van der Waals surface area contributed by atoms with Crippen LogP contribution >= 0.6 is 24.8 Å². The van der Waals surface area contributed by atoms with E-state index < -0.39 is 0 Å². The largest absolute Gasteiger partial charge is 0.330 e. The van der Waals surface area contributed by atoms with Crippen molar-refractivity contribution in [3.05, 3.63) is 12.3 Å². The predicted molar refractivity (Wildman–Crippen MR) is 101 cm³/mol. The highest BCUT2D eigenvalue weighted by molar-refractivity contribution is 5.91. The molecule has 2 heterocycles. The number of rotatable bonds is 5. The summed E-state index contributed by atoms with van der Waals surface area (Å²) in [5.74, 6) is 0.874. The normalized spacial score (nSPS) is 24.4. The van der Waals surface area contributed by atoms with E-state index in [1.807, 2.05) is 10.7 Å². The van der Waals surface area contributed by atoms with E-state index in [0.717, 1.165) is 38.2 Å². The van der Waals surface area contributed by atoms with Gasteiger partial charge in [-0.1, -0.05) is 19.8 Å². The number of hydrogen-bond acceptors (Lipinski definition) is 4. The topological polar surface area (TPSA) is 76.2 Å². The molecule has 2 fully saturated rings. The average Bonchev–Trinajstić information content (AvgIpc) is 3.20. The SMILES string of the molecule is CC1(CN)CCN(CC(=O)Nc2ccnn2C2CCCC2)C1.Cl.Cl. The number of nitrogens with one attached hydrogen (secondary N) is 1.